The lowest BCUT2D eigenvalue weighted by Crippen LogP contribution is -2.56. The molecule has 3 aromatic heterocycles. The van der Waals surface area contributed by atoms with Crippen molar-refractivity contribution in [2.24, 2.45) is 0 Å². The molecule has 0 aliphatic carbocycles. The van der Waals surface area contributed by atoms with Crippen LogP contribution in [-0.4, -0.2) is 52.9 Å². The van der Waals surface area contributed by atoms with E-state index in [1.54, 1.807) is 40.0 Å². The van der Waals surface area contributed by atoms with Crippen LogP contribution in [0.25, 0.3) is 20.8 Å². The quantitative estimate of drug-likeness (QED) is 0.643. The van der Waals surface area contributed by atoms with Gasteiger partial charge in [-0.3, -0.25) is 14.7 Å². The van der Waals surface area contributed by atoms with Crippen molar-refractivity contribution in [3.05, 3.63) is 28.9 Å². The SMILES string of the molecule is O=C(CCN1CC(F)(F)C1)Nc1sc2c(c1-c1nc3cnccc3s1)CCNC2. The van der Waals surface area contributed by atoms with Gasteiger partial charge in [-0.15, -0.1) is 22.7 Å². The molecule has 1 saturated heterocycles. The van der Waals surface area contributed by atoms with Crippen LogP contribution in [0, 0.1) is 0 Å². The number of fused-ring (bicyclic) bond motifs is 2. The second-order valence-corrected chi connectivity index (χ2v) is 9.50. The normalized spacial score (nSPS) is 18.4. The molecule has 5 rings (SSSR count). The van der Waals surface area contributed by atoms with E-state index in [1.165, 1.54) is 10.4 Å². The highest BCUT2D eigenvalue weighted by Gasteiger charge is 2.43. The number of anilines is 1. The van der Waals surface area contributed by atoms with E-state index in [1.807, 2.05) is 6.07 Å². The molecular formula is C19H19F2N5OS2. The van der Waals surface area contributed by atoms with E-state index in [2.05, 4.69) is 15.6 Å². The zero-order chi connectivity index (χ0) is 20.0. The van der Waals surface area contributed by atoms with Crippen molar-refractivity contribution >= 4 is 43.8 Å². The zero-order valence-electron chi connectivity index (χ0n) is 15.5. The molecule has 0 saturated carbocycles. The van der Waals surface area contributed by atoms with Crippen LogP contribution in [0.5, 0.6) is 0 Å². The topological polar surface area (TPSA) is 70.2 Å². The number of likely N-dealkylation sites (tertiary alicyclic amines) is 1. The number of amides is 1. The maximum absolute atomic E-state index is 13.0. The Labute approximate surface area is 174 Å². The number of aromatic nitrogens is 2. The summed E-state index contributed by atoms with van der Waals surface area (Å²) in [6.45, 7) is 1.49. The Bertz CT molecular complexity index is 1040. The summed E-state index contributed by atoms with van der Waals surface area (Å²) in [4.78, 5) is 24.2. The van der Waals surface area contributed by atoms with Gasteiger partial charge >= 0.3 is 0 Å². The van der Waals surface area contributed by atoms with Crippen LogP contribution in [0.2, 0.25) is 0 Å². The molecule has 2 aliphatic heterocycles. The molecule has 1 amide bonds. The number of pyridine rings is 1. The van der Waals surface area contributed by atoms with Gasteiger partial charge in [0.2, 0.25) is 5.91 Å². The molecule has 0 aromatic carbocycles. The van der Waals surface area contributed by atoms with Crippen molar-refractivity contribution in [1.82, 2.24) is 20.2 Å². The Kier molecular flexibility index (Phi) is 4.81. The van der Waals surface area contributed by atoms with Gasteiger partial charge in [-0.25, -0.2) is 13.8 Å². The fourth-order valence-electron chi connectivity index (χ4n) is 3.75. The highest BCUT2D eigenvalue weighted by atomic mass is 32.1. The molecule has 0 radical (unpaired) electrons. The van der Waals surface area contributed by atoms with Gasteiger partial charge in [-0.05, 0) is 24.6 Å². The van der Waals surface area contributed by atoms with Crippen LogP contribution in [0.1, 0.15) is 16.9 Å². The van der Waals surface area contributed by atoms with Gasteiger partial charge in [0.05, 0.1) is 24.0 Å². The number of carbonyl (C=O) groups excluding carboxylic acids is 1. The maximum Gasteiger partial charge on any atom is 0.272 e. The fourth-order valence-corrected chi connectivity index (χ4v) is 6.06. The first kappa shape index (κ1) is 19.0. The first-order valence-corrected chi connectivity index (χ1v) is 11.1. The predicted molar refractivity (Wildman–Crippen MR) is 111 cm³/mol. The summed E-state index contributed by atoms with van der Waals surface area (Å²) in [6, 6.07) is 1.94. The Morgan fingerprint density at radius 2 is 2.21 bits per heavy atom. The molecule has 29 heavy (non-hydrogen) atoms. The van der Waals surface area contributed by atoms with Gasteiger partial charge in [0.25, 0.3) is 5.92 Å². The van der Waals surface area contributed by atoms with Gasteiger partial charge in [-0.2, -0.15) is 0 Å². The van der Waals surface area contributed by atoms with E-state index in [-0.39, 0.29) is 25.4 Å². The number of halogens is 2. The van der Waals surface area contributed by atoms with E-state index in [0.29, 0.717) is 6.54 Å². The minimum absolute atomic E-state index is 0.157. The molecule has 152 valence electrons. The highest BCUT2D eigenvalue weighted by Crippen LogP contribution is 2.44. The molecule has 1 fully saturated rings. The number of nitrogens with one attached hydrogen (secondary N) is 2. The van der Waals surface area contributed by atoms with E-state index in [4.69, 9.17) is 4.98 Å². The molecule has 2 aliphatic rings. The van der Waals surface area contributed by atoms with Gasteiger partial charge in [-0.1, -0.05) is 0 Å². The average molecular weight is 436 g/mol. The summed E-state index contributed by atoms with van der Waals surface area (Å²) in [7, 11) is 0. The van der Waals surface area contributed by atoms with Crippen molar-refractivity contribution in [2.45, 2.75) is 25.3 Å². The number of hydrogen-bond acceptors (Lipinski definition) is 7. The third kappa shape index (κ3) is 3.77. The number of hydrogen-bond donors (Lipinski definition) is 2. The van der Waals surface area contributed by atoms with E-state index < -0.39 is 5.92 Å². The molecular weight excluding hydrogens is 416 g/mol. The maximum atomic E-state index is 13.0. The largest absolute Gasteiger partial charge is 0.317 e. The van der Waals surface area contributed by atoms with Crippen LogP contribution in [0.15, 0.2) is 18.5 Å². The lowest BCUT2D eigenvalue weighted by Gasteiger charge is -2.38. The third-order valence-corrected chi connectivity index (χ3v) is 7.35. The summed E-state index contributed by atoms with van der Waals surface area (Å²) in [5.74, 6) is -2.76. The van der Waals surface area contributed by atoms with Crippen LogP contribution in [0.4, 0.5) is 13.8 Å². The Morgan fingerprint density at radius 3 is 3.00 bits per heavy atom. The molecule has 5 heterocycles. The number of thiazole rings is 1. The summed E-state index contributed by atoms with van der Waals surface area (Å²) in [5, 5.41) is 8.07. The second-order valence-electron chi connectivity index (χ2n) is 7.36. The molecule has 2 N–H and O–H groups in total. The van der Waals surface area contributed by atoms with Crippen LogP contribution < -0.4 is 10.6 Å². The summed E-state index contributed by atoms with van der Waals surface area (Å²) in [6.07, 6.45) is 4.57. The van der Waals surface area contributed by atoms with Crippen molar-refractivity contribution < 1.29 is 13.6 Å². The number of nitrogens with zero attached hydrogens (tertiary/aromatic N) is 3. The Balaban J connectivity index is 1.39. The molecule has 0 atom stereocenters. The molecule has 0 bridgehead atoms. The predicted octanol–water partition coefficient (Wildman–Crippen LogP) is 3.35. The Morgan fingerprint density at radius 1 is 1.34 bits per heavy atom. The monoisotopic (exact) mass is 435 g/mol. The van der Waals surface area contributed by atoms with Gasteiger partial charge in [0.1, 0.15) is 15.5 Å². The molecule has 10 heteroatoms. The van der Waals surface area contributed by atoms with Crippen LogP contribution in [0.3, 0.4) is 0 Å². The first-order valence-electron chi connectivity index (χ1n) is 9.45. The fraction of sp³-hybridized carbons (Fsp3) is 0.421. The standard InChI is InChI=1S/C19H19F2N5OS2/c20-19(21)9-26(10-19)6-3-15(27)25-18-16(11-1-4-23-8-14(11)29-18)17-24-12-7-22-5-2-13(12)28-17/h2,5,7,23H,1,3-4,6,8-10H2,(H,25,27). The molecule has 6 nitrogen and oxygen atoms in total. The lowest BCUT2D eigenvalue weighted by atomic mass is 10.0. The number of alkyl halides is 2. The number of carbonyl (C=O) groups is 1. The molecule has 3 aromatic rings. The van der Waals surface area contributed by atoms with Gasteiger partial charge < -0.3 is 10.6 Å². The average Bonchev–Trinajstić information content (AvgIpc) is 3.24. The van der Waals surface area contributed by atoms with E-state index in [9.17, 15) is 13.6 Å². The van der Waals surface area contributed by atoms with Crippen molar-refractivity contribution in [3.63, 3.8) is 0 Å². The molecule has 0 spiro atoms. The van der Waals surface area contributed by atoms with E-state index >= 15 is 0 Å². The Hall–Kier alpha value is -2.01. The smallest absolute Gasteiger partial charge is 0.272 e. The second kappa shape index (κ2) is 7.35. The zero-order valence-corrected chi connectivity index (χ0v) is 17.1. The van der Waals surface area contributed by atoms with Gasteiger partial charge in [0, 0.05) is 36.1 Å². The van der Waals surface area contributed by atoms with Crippen molar-refractivity contribution in [3.8, 4) is 10.6 Å². The minimum Gasteiger partial charge on any atom is -0.317 e. The van der Waals surface area contributed by atoms with Crippen LogP contribution >= 0.6 is 22.7 Å². The van der Waals surface area contributed by atoms with Crippen LogP contribution in [-0.2, 0) is 17.8 Å². The number of thiophene rings is 1. The van der Waals surface area contributed by atoms with E-state index in [0.717, 1.165) is 45.3 Å². The third-order valence-electron chi connectivity index (χ3n) is 5.15. The van der Waals surface area contributed by atoms with Crippen molar-refractivity contribution in [2.75, 3.05) is 31.5 Å². The van der Waals surface area contributed by atoms with Crippen molar-refractivity contribution in [1.29, 1.82) is 0 Å². The minimum atomic E-state index is -2.61. The number of rotatable bonds is 5. The lowest BCUT2D eigenvalue weighted by molar-refractivity contribution is -0.134. The summed E-state index contributed by atoms with van der Waals surface area (Å²) >= 11 is 3.16. The summed E-state index contributed by atoms with van der Waals surface area (Å²) in [5.41, 5.74) is 3.08. The van der Waals surface area contributed by atoms with Gasteiger partial charge in [0.15, 0.2) is 0 Å². The first-order chi connectivity index (χ1) is 14.0. The molecule has 0 unspecified atom stereocenters. The highest BCUT2D eigenvalue weighted by molar-refractivity contribution is 7.22. The summed E-state index contributed by atoms with van der Waals surface area (Å²) < 4.78 is 27.0.